The molecule has 0 aromatic heterocycles. The third kappa shape index (κ3) is 7.72. The third-order valence-electron chi connectivity index (χ3n) is 7.78. The van der Waals surface area contributed by atoms with E-state index < -0.39 is 36.3 Å². The van der Waals surface area contributed by atoms with Crippen LogP contribution in [0.4, 0.5) is 17.6 Å². The average Bonchev–Trinajstić information content (AvgIpc) is 3.30. The van der Waals surface area contributed by atoms with E-state index in [9.17, 15) is 27.5 Å². The normalized spacial score (nSPS) is 14.3. The van der Waals surface area contributed by atoms with Crippen molar-refractivity contribution in [3.8, 4) is 22.6 Å². The summed E-state index contributed by atoms with van der Waals surface area (Å²) < 4.78 is 62.2. The van der Waals surface area contributed by atoms with Crippen LogP contribution >= 0.6 is 0 Å². The molecular weight excluding hydrogens is 586 g/mol. The monoisotopic (exact) mass is 619 g/mol. The third-order valence-corrected chi connectivity index (χ3v) is 7.78. The first-order chi connectivity index (χ1) is 21.6. The number of fused-ring (bicyclic) bond motifs is 1. The van der Waals surface area contributed by atoms with E-state index in [1.807, 2.05) is 60.7 Å². The van der Waals surface area contributed by atoms with Crippen molar-refractivity contribution in [1.29, 1.82) is 0 Å². The van der Waals surface area contributed by atoms with E-state index >= 15 is 0 Å². The van der Waals surface area contributed by atoms with Crippen LogP contribution in [0, 0.1) is 0 Å². The highest BCUT2D eigenvalue weighted by molar-refractivity contribution is 5.98. The van der Waals surface area contributed by atoms with Crippen molar-refractivity contribution < 1.29 is 36.9 Å². The van der Waals surface area contributed by atoms with Crippen molar-refractivity contribution in [3.63, 3.8) is 0 Å². The number of ether oxygens (including phenoxy) is 2. The van der Waals surface area contributed by atoms with Crippen molar-refractivity contribution in [2.75, 3.05) is 7.11 Å². The number of hydrogen-bond acceptors (Lipinski definition) is 4. The molecule has 2 atom stereocenters. The Kier molecular flexibility index (Phi) is 9.88. The van der Waals surface area contributed by atoms with Gasteiger partial charge in [-0.3, -0.25) is 4.79 Å². The topological polar surface area (TPSA) is 67.8 Å². The number of aryl methyl sites for hydroxylation is 1. The van der Waals surface area contributed by atoms with E-state index in [1.165, 1.54) is 12.1 Å². The number of carbonyl (C=O) groups is 1. The van der Waals surface area contributed by atoms with Crippen molar-refractivity contribution in [1.82, 2.24) is 5.32 Å². The second-order valence-electron chi connectivity index (χ2n) is 10.9. The van der Waals surface area contributed by atoms with Crippen LogP contribution in [0.25, 0.3) is 17.2 Å². The predicted octanol–water partition coefficient (Wildman–Crippen LogP) is 8.02. The first-order valence-corrected chi connectivity index (χ1v) is 14.6. The molecule has 1 aliphatic rings. The van der Waals surface area contributed by atoms with Crippen LogP contribution in [0.5, 0.6) is 11.5 Å². The van der Waals surface area contributed by atoms with Gasteiger partial charge in [0.15, 0.2) is 0 Å². The summed E-state index contributed by atoms with van der Waals surface area (Å²) in [6, 6.07) is 24.7. The zero-order valence-corrected chi connectivity index (χ0v) is 24.6. The molecule has 0 heterocycles. The molecule has 234 valence electrons. The summed E-state index contributed by atoms with van der Waals surface area (Å²) in [5.41, 5.74) is 5.06. The molecule has 0 spiro atoms. The Morgan fingerprint density at radius 2 is 1.62 bits per heavy atom. The second-order valence-corrected chi connectivity index (χ2v) is 10.9. The zero-order valence-electron chi connectivity index (χ0n) is 24.6. The van der Waals surface area contributed by atoms with Crippen LogP contribution in [-0.4, -0.2) is 36.7 Å². The maximum Gasteiger partial charge on any atom is 0.461 e. The van der Waals surface area contributed by atoms with E-state index in [4.69, 9.17) is 4.74 Å². The lowest BCUT2D eigenvalue weighted by Gasteiger charge is -2.26. The molecule has 5 nitrogen and oxygen atoms in total. The van der Waals surface area contributed by atoms with Gasteiger partial charge in [0.1, 0.15) is 11.5 Å². The molecule has 9 heteroatoms. The van der Waals surface area contributed by atoms with Gasteiger partial charge in [-0.15, -0.1) is 0 Å². The number of rotatable bonds is 11. The lowest BCUT2D eigenvalue weighted by molar-refractivity contribution is -0.253. The van der Waals surface area contributed by atoms with Gasteiger partial charge in [-0.05, 0) is 89.4 Å². The van der Waals surface area contributed by atoms with Gasteiger partial charge < -0.3 is 19.9 Å². The number of amides is 1. The molecule has 0 radical (unpaired) electrons. The highest BCUT2D eigenvalue weighted by atomic mass is 19.3. The van der Waals surface area contributed by atoms with Crippen LogP contribution in [0.3, 0.4) is 0 Å². The number of aliphatic hydroxyl groups is 1. The van der Waals surface area contributed by atoms with Gasteiger partial charge in [0.05, 0.1) is 19.3 Å². The summed E-state index contributed by atoms with van der Waals surface area (Å²) in [6.45, 7) is 0. The van der Waals surface area contributed by atoms with Crippen LogP contribution in [0.2, 0.25) is 0 Å². The van der Waals surface area contributed by atoms with E-state index in [0.29, 0.717) is 16.7 Å². The molecule has 5 rings (SSSR count). The van der Waals surface area contributed by atoms with E-state index in [2.05, 4.69) is 10.1 Å². The number of allylic oxidation sites excluding steroid dienone is 1. The first-order valence-electron chi connectivity index (χ1n) is 14.6. The van der Waals surface area contributed by atoms with Gasteiger partial charge in [0, 0.05) is 5.56 Å². The lowest BCUT2D eigenvalue weighted by atomic mass is 9.93. The molecule has 2 N–H and O–H groups in total. The number of carbonyl (C=O) groups excluding carboxylic acids is 1. The lowest BCUT2D eigenvalue weighted by Crippen LogP contribution is -2.41. The second kappa shape index (κ2) is 14.0. The van der Waals surface area contributed by atoms with Gasteiger partial charge in [-0.2, -0.15) is 17.6 Å². The standard InChI is InChI=1S/C36H33F4NO4/c1-44-28-19-17-25(18-20-28)24-13-15-27(16-14-24)33(42)32(22-23-7-5-10-29(21-23)45-36(39,40)35(37)38)41-34(43)31-12-6-9-26-8-3-2-4-11-30(26)31/h4-7,9-21,32-33,35,42H,2-3,8,22H2,1H3,(H,41,43). The number of methoxy groups -OCH3 is 1. The summed E-state index contributed by atoms with van der Waals surface area (Å²) in [7, 11) is 1.59. The highest BCUT2D eigenvalue weighted by Gasteiger charge is 2.44. The number of benzene rings is 4. The Bertz CT molecular complexity index is 1640. The molecule has 0 fully saturated rings. The zero-order chi connectivity index (χ0) is 32.0. The fourth-order valence-electron chi connectivity index (χ4n) is 5.41. The first kappa shape index (κ1) is 31.8. The quantitative estimate of drug-likeness (QED) is 0.167. The van der Waals surface area contributed by atoms with E-state index in [1.54, 1.807) is 31.4 Å². The van der Waals surface area contributed by atoms with Crippen LogP contribution in [0.15, 0.2) is 97.1 Å². The molecule has 4 aromatic carbocycles. The summed E-state index contributed by atoms with van der Waals surface area (Å²) >= 11 is 0. The summed E-state index contributed by atoms with van der Waals surface area (Å²) in [4.78, 5) is 13.7. The SMILES string of the molecule is COc1ccc(-c2ccc(C(O)C(Cc3cccc(OC(F)(F)C(F)F)c3)NC(=O)c3cccc4c3C=CCCC4)cc2)cc1. The smallest absolute Gasteiger partial charge is 0.461 e. The molecule has 0 saturated carbocycles. The van der Waals surface area contributed by atoms with Crippen molar-refractivity contribution in [3.05, 3.63) is 125 Å². The minimum atomic E-state index is -4.67. The summed E-state index contributed by atoms with van der Waals surface area (Å²) in [6.07, 6.45) is -3.24. The van der Waals surface area contributed by atoms with Crippen LogP contribution < -0.4 is 14.8 Å². The van der Waals surface area contributed by atoms with Gasteiger partial charge in [-0.25, -0.2) is 0 Å². The molecule has 2 unspecified atom stereocenters. The maximum atomic E-state index is 13.7. The average molecular weight is 620 g/mol. The minimum Gasteiger partial charge on any atom is -0.497 e. The number of aliphatic hydroxyl groups excluding tert-OH is 1. The fraction of sp³-hybridized carbons (Fsp3) is 0.250. The molecule has 45 heavy (non-hydrogen) atoms. The van der Waals surface area contributed by atoms with Gasteiger partial charge in [-0.1, -0.05) is 72.8 Å². The Labute approximate surface area is 259 Å². The molecule has 0 aliphatic heterocycles. The molecule has 4 aromatic rings. The van der Waals surface area contributed by atoms with E-state index in [-0.39, 0.29) is 6.42 Å². The molecule has 0 saturated heterocycles. The van der Waals surface area contributed by atoms with Gasteiger partial charge in [0.2, 0.25) is 0 Å². The molecule has 1 amide bonds. The van der Waals surface area contributed by atoms with Gasteiger partial charge in [0.25, 0.3) is 5.91 Å². The highest BCUT2D eigenvalue weighted by Crippen LogP contribution is 2.30. The number of halogens is 4. The van der Waals surface area contributed by atoms with Crippen LogP contribution in [-0.2, 0) is 12.8 Å². The largest absolute Gasteiger partial charge is 0.497 e. The summed E-state index contributed by atoms with van der Waals surface area (Å²) in [5, 5.41) is 14.5. The Morgan fingerprint density at radius 1 is 0.933 bits per heavy atom. The molecule has 1 aliphatic carbocycles. The van der Waals surface area contributed by atoms with Crippen molar-refractivity contribution >= 4 is 12.0 Å². The number of hydrogen-bond donors (Lipinski definition) is 2. The minimum absolute atomic E-state index is 0.00451. The maximum absolute atomic E-state index is 13.7. The Morgan fingerprint density at radius 3 is 2.31 bits per heavy atom. The molecule has 0 bridgehead atoms. The fourth-order valence-corrected chi connectivity index (χ4v) is 5.41. The van der Waals surface area contributed by atoms with Crippen molar-refractivity contribution in [2.45, 2.75) is 50.4 Å². The van der Waals surface area contributed by atoms with Gasteiger partial charge >= 0.3 is 12.5 Å². The van der Waals surface area contributed by atoms with E-state index in [0.717, 1.165) is 53.3 Å². The Hall–Kier alpha value is -4.63. The summed E-state index contributed by atoms with van der Waals surface area (Å²) in [5.74, 6) is -0.142. The molecular formula is C36H33F4NO4. The van der Waals surface area contributed by atoms with Crippen LogP contribution in [0.1, 0.15) is 51.6 Å². The number of alkyl halides is 4. The Balaban J connectivity index is 1.43. The number of nitrogens with one attached hydrogen (secondary N) is 1. The predicted molar refractivity (Wildman–Crippen MR) is 165 cm³/mol. The van der Waals surface area contributed by atoms with Crippen molar-refractivity contribution in [2.24, 2.45) is 0 Å².